The average molecular weight is 251 g/mol. The van der Waals surface area contributed by atoms with Crippen molar-refractivity contribution in [2.75, 3.05) is 6.61 Å². The fraction of sp³-hybridized carbons (Fsp3) is 0.733. The van der Waals surface area contributed by atoms with Gasteiger partial charge >= 0.3 is 0 Å². The van der Waals surface area contributed by atoms with Crippen LogP contribution in [-0.4, -0.2) is 12.1 Å². The number of nitrogens with one attached hydrogen (secondary N) is 1. The largest absolute Gasteiger partial charge is 0.467 e. The minimum atomic E-state index is 0.126. The summed E-state index contributed by atoms with van der Waals surface area (Å²) in [5, 5.41) is 3.47. The highest BCUT2D eigenvalue weighted by atomic mass is 16.5. The van der Waals surface area contributed by atoms with Gasteiger partial charge in [0.15, 0.2) is 0 Å². The summed E-state index contributed by atoms with van der Waals surface area (Å²) >= 11 is 0. The van der Waals surface area contributed by atoms with Crippen LogP contribution in [0.5, 0.6) is 0 Å². The van der Waals surface area contributed by atoms with Crippen LogP contribution in [0.2, 0.25) is 0 Å². The Labute approximate surface area is 110 Å². The maximum Gasteiger partial charge on any atom is 0.133 e. The lowest BCUT2D eigenvalue weighted by Gasteiger charge is -2.20. The van der Waals surface area contributed by atoms with E-state index in [4.69, 9.17) is 9.15 Å². The summed E-state index contributed by atoms with van der Waals surface area (Å²) in [6.07, 6.45) is 5.74. The summed E-state index contributed by atoms with van der Waals surface area (Å²) < 4.78 is 11.2. The minimum absolute atomic E-state index is 0.126. The standard InChI is InChI=1S/C15H25NO2/c1-15(2,3)16-10-13-7-9-18-14(13)11-17-8-6-12-4-5-12/h7,9,12,16H,4-6,8,10-11H2,1-3H3. The molecule has 0 radical (unpaired) electrons. The van der Waals surface area contributed by atoms with Gasteiger partial charge < -0.3 is 14.5 Å². The molecule has 0 unspecified atom stereocenters. The van der Waals surface area contributed by atoms with Crippen molar-refractivity contribution in [3.63, 3.8) is 0 Å². The van der Waals surface area contributed by atoms with Crippen LogP contribution >= 0.6 is 0 Å². The van der Waals surface area contributed by atoms with Crippen LogP contribution in [0.3, 0.4) is 0 Å². The van der Waals surface area contributed by atoms with Gasteiger partial charge in [-0.1, -0.05) is 12.8 Å². The molecule has 1 N–H and O–H groups in total. The van der Waals surface area contributed by atoms with Crippen molar-refractivity contribution in [2.45, 2.75) is 58.7 Å². The predicted molar refractivity (Wildman–Crippen MR) is 72.3 cm³/mol. The van der Waals surface area contributed by atoms with Crippen molar-refractivity contribution in [1.82, 2.24) is 5.32 Å². The highest BCUT2D eigenvalue weighted by Gasteiger charge is 2.20. The molecule has 0 atom stereocenters. The smallest absolute Gasteiger partial charge is 0.133 e. The summed E-state index contributed by atoms with van der Waals surface area (Å²) in [5.74, 6) is 1.89. The highest BCUT2D eigenvalue weighted by molar-refractivity contribution is 5.16. The minimum Gasteiger partial charge on any atom is -0.467 e. The molecular formula is C15H25NO2. The summed E-state index contributed by atoms with van der Waals surface area (Å²) in [5.41, 5.74) is 1.33. The van der Waals surface area contributed by atoms with Crippen LogP contribution in [-0.2, 0) is 17.9 Å². The molecule has 1 aromatic heterocycles. The van der Waals surface area contributed by atoms with E-state index >= 15 is 0 Å². The van der Waals surface area contributed by atoms with Gasteiger partial charge in [-0.3, -0.25) is 0 Å². The molecule has 0 aromatic carbocycles. The second-order valence-corrected chi connectivity index (χ2v) is 6.26. The van der Waals surface area contributed by atoms with E-state index in [1.807, 2.05) is 6.07 Å². The topological polar surface area (TPSA) is 34.4 Å². The molecule has 0 spiro atoms. The molecule has 18 heavy (non-hydrogen) atoms. The first-order valence-electron chi connectivity index (χ1n) is 6.92. The fourth-order valence-electron chi connectivity index (χ4n) is 1.83. The van der Waals surface area contributed by atoms with Gasteiger partial charge in [0, 0.05) is 24.3 Å². The Kier molecular flexibility index (Phi) is 4.46. The van der Waals surface area contributed by atoms with E-state index in [1.54, 1.807) is 6.26 Å². The Balaban J connectivity index is 1.72. The van der Waals surface area contributed by atoms with E-state index < -0.39 is 0 Å². The second kappa shape index (κ2) is 5.89. The molecule has 102 valence electrons. The molecule has 2 rings (SSSR count). The third kappa shape index (κ3) is 4.83. The lowest BCUT2D eigenvalue weighted by Crippen LogP contribution is -2.35. The highest BCUT2D eigenvalue weighted by Crippen LogP contribution is 2.32. The lowest BCUT2D eigenvalue weighted by molar-refractivity contribution is 0.0999. The third-order valence-corrected chi connectivity index (χ3v) is 3.25. The first-order chi connectivity index (χ1) is 8.54. The van der Waals surface area contributed by atoms with Crippen molar-refractivity contribution in [3.8, 4) is 0 Å². The van der Waals surface area contributed by atoms with Crippen molar-refractivity contribution >= 4 is 0 Å². The molecule has 3 nitrogen and oxygen atoms in total. The van der Waals surface area contributed by atoms with E-state index in [0.29, 0.717) is 6.61 Å². The predicted octanol–water partition coefficient (Wildman–Crippen LogP) is 3.48. The Morgan fingerprint density at radius 1 is 1.39 bits per heavy atom. The van der Waals surface area contributed by atoms with Crippen LogP contribution in [0.25, 0.3) is 0 Å². The SMILES string of the molecule is CC(C)(C)NCc1ccoc1COCCC1CC1. The van der Waals surface area contributed by atoms with Gasteiger partial charge in [0.05, 0.1) is 6.26 Å². The summed E-state index contributed by atoms with van der Waals surface area (Å²) in [6, 6.07) is 2.03. The van der Waals surface area contributed by atoms with Gasteiger partial charge in [0.2, 0.25) is 0 Å². The number of hydrogen-bond acceptors (Lipinski definition) is 3. The van der Waals surface area contributed by atoms with Gasteiger partial charge in [-0.2, -0.15) is 0 Å². The average Bonchev–Trinajstić information content (AvgIpc) is 3.00. The molecule has 1 aromatic rings. The Morgan fingerprint density at radius 3 is 2.83 bits per heavy atom. The molecule has 1 aliphatic carbocycles. The maximum atomic E-state index is 5.68. The van der Waals surface area contributed by atoms with E-state index in [1.165, 1.54) is 24.8 Å². The van der Waals surface area contributed by atoms with E-state index in [9.17, 15) is 0 Å². The normalized spacial score (nSPS) is 16.2. The molecule has 1 aliphatic rings. The molecular weight excluding hydrogens is 226 g/mol. The van der Waals surface area contributed by atoms with Crippen LogP contribution in [0, 0.1) is 5.92 Å². The second-order valence-electron chi connectivity index (χ2n) is 6.26. The number of rotatable bonds is 7. The molecule has 0 amide bonds. The van der Waals surface area contributed by atoms with Crippen molar-refractivity contribution in [2.24, 2.45) is 5.92 Å². The molecule has 0 aliphatic heterocycles. The van der Waals surface area contributed by atoms with Gasteiger partial charge in [0.25, 0.3) is 0 Å². The molecule has 0 saturated heterocycles. The zero-order valence-electron chi connectivity index (χ0n) is 11.8. The van der Waals surface area contributed by atoms with Gasteiger partial charge in [0.1, 0.15) is 12.4 Å². The maximum absolute atomic E-state index is 5.68. The monoisotopic (exact) mass is 251 g/mol. The zero-order valence-corrected chi connectivity index (χ0v) is 11.8. The van der Waals surface area contributed by atoms with Gasteiger partial charge in [-0.25, -0.2) is 0 Å². The zero-order chi connectivity index (χ0) is 13.0. The van der Waals surface area contributed by atoms with E-state index in [0.717, 1.165) is 24.8 Å². The Bertz CT molecular complexity index is 361. The summed E-state index contributed by atoms with van der Waals surface area (Å²) in [6.45, 7) is 8.79. The molecule has 1 fully saturated rings. The summed E-state index contributed by atoms with van der Waals surface area (Å²) in [4.78, 5) is 0. The van der Waals surface area contributed by atoms with Crippen LogP contribution < -0.4 is 5.32 Å². The van der Waals surface area contributed by atoms with Crippen molar-refractivity contribution < 1.29 is 9.15 Å². The lowest BCUT2D eigenvalue weighted by atomic mass is 10.1. The molecule has 1 saturated carbocycles. The molecule has 3 heteroatoms. The van der Waals surface area contributed by atoms with Gasteiger partial charge in [-0.15, -0.1) is 0 Å². The first kappa shape index (κ1) is 13.6. The van der Waals surface area contributed by atoms with E-state index in [-0.39, 0.29) is 5.54 Å². The fourth-order valence-corrected chi connectivity index (χ4v) is 1.83. The number of furan rings is 1. The first-order valence-corrected chi connectivity index (χ1v) is 6.92. The van der Waals surface area contributed by atoms with Crippen LogP contribution in [0.4, 0.5) is 0 Å². The molecule has 1 heterocycles. The van der Waals surface area contributed by atoms with Crippen molar-refractivity contribution in [1.29, 1.82) is 0 Å². The Hall–Kier alpha value is -0.800. The van der Waals surface area contributed by atoms with E-state index in [2.05, 4.69) is 26.1 Å². The molecule has 0 bridgehead atoms. The number of ether oxygens (including phenoxy) is 1. The number of hydrogen-bond donors (Lipinski definition) is 1. The Morgan fingerprint density at radius 2 is 2.17 bits per heavy atom. The quantitative estimate of drug-likeness (QED) is 0.753. The van der Waals surface area contributed by atoms with Crippen LogP contribution in [0.15, 0.2) is 16.7 Å². The van der Waals surface area contributed by atoms with Crippen LogP contribution in [0.1, 0.15) is 51.4 Å². The third-order valence-electron chi connectivity index (χ3n) is 3.25. The van der Waals surface area contributed by atoms with Crippen molar-refractivity contribution in [3.05, 3.63) is 23.7 Å². The van der Waals surface area contributed by atoms with Gasteiger partial charge in [-0.05, 0) is 39.2 Å². The summed E-state index contributed by atoms with van der Waals surface area (Å²) in [7, 11) is 0.